The van der Waals surface area contributed by atoms with Gasteiger partial charge < -0.3 is 9.72 Å². The summed E-state index contributed by atoms with van der Waals surface area (Å²) in [6, 6.07) is 7.70. The quantitative estimate of drug-likeness (QED) is 0.868. The lowest BCUT2D eigenvalue weighted by molar-refractivity contribution is 0.414. The molecule has 1 N–H and O–H groups in total. The molecule has 1 aromatic heterocycles. The van der Waals surface area contributed by atoms with E-state index in [1.54, 1.807) is 13.3 Å². The summed E-state index contributed by atoms with van der Waals surface area (Å²) in [5.41, 5.74) is 0.951. The van der Waals surface area contributed by atoms with Crippen molar-refractivity contribution in [2.75, 3.05) is 7.11 Å². The van der Waals surface area contributed by atoms with Crippen LogP contribution < -0.4 is 10.3 Å². The van der Waals surface area contributed by atoms with Crippen molar-refractivity contribution >= 4 is 22.6 Å². The van der Waals surface area contributed by atoms with Crippen LogP contribution in [0.4, 0.5) is 0 Å². The molecule has 0 bridgehead atoms. The number of rotatable bonds is 3. The third-order valence-electron chi connectivity index (χ3n) is 2.31. The normalized spacial score (nSPS) is 10.2. The van der Waals surface area contributed by atoms with Gasteiger partial charge in [0, 0.05) is 12.6 Å². The number of benzene rings is 1. The minimum atomic E-state index is -0.0986. The van der Waals surface area contributed by atoms with Gasteiger partial charge in [-0.25, -0.2) is 4.98 Å². The van der Waals surface area contributed by atoms with Crippen molar-refractivity contribution in [3.05, 3.63) is 55.8 Å². The number of ether oxygens (including phenoxy) is 1. The van der Waals surface area contributed by atoms with Gasteiger partial charge in [-0.2, -0.15) is 0 Å². The highest BCUT2D eigenvalue weighted by Gasteiger charge is 2.02. The third-order valence-corrected chi connectivity index (χ3v) is 3.08. The van der Waals surface area contributed by atoms with Crippen LogP contribution >= 0.6 is 22.6 Å². The lowest BCUT2D eigenvalue weighted by atomic mass is 10.1. The van der Waals surface area contributed by atoms with Crippen molar-refractivity contribution in [3.63, 3.8) is 0 Å². The van der Waals surface area contributed by atoms with Crippen LogP contribution in [-0.4, -0.2) is 17.1 Å². The summed E-state index contributed by atoms with van der Waals surface area (Å²) in [5.74, 6) is 1.46. The number of nitrogens with one attached hydrogen (secondary N) is 1. The van der Waals surface area contributed by atoms with Gasteiger partial charge in [-0.05, 0) is 40.3 Å². The molecule has 1 aromatic carbocycles. The molecule has 0 fully saturated rings. The fourth-order valence-corrected chi connectivity index (χ4v) is 1.76. The summed E-state index contributed by atoms with van der Waals surface area (Å²) in [5, 5.41) is 0. The molecule has 0 unspecified atom stereocenters. The first-order chi connectivity index (χ1) is 8.19. The molecule has 5 heteroatoms. The molecule has 0 amide bonds. The fourth-order valence-electron chi connectivity index (χ4n) is 1.48. The average Bonchev–Trinajstić information content (AvgIpc) is 2.34. The van der Waals surface area contributed by atoms with E-state index in [0.29, 0.717) is 15.8 Å². The maximum atomic E-state index is 11.4. The van der Waals surface area contributed by atoms with Crippen molar-refractivity contribution in [2.45, 2.75) is 6.42 Å². The number of aromatic nitrogens is 2. The Balaban J connectivity index is 2.25. The van der Waals surface area contributed by atoms with Gasteiger partial charge in [0.2, 0.25) is 0 Å². The van der Waals surface area contributed by atoms with Crippen LogP contribution in [0.15, 0.2) is 35.3 Å². The lowest BCUT2D eigenvalue weighted by Crippen LogP contribution is -2.13. The van der Waals surface area contributed by atoms with Crippen LogP contribution in [0.3, 0.4) is 0 Å². The Hall–Kier alpha value is -1.37. The second kappa shape index (κ2) is 5.31. The van der Waals surface area contributed by atoms with Crippen LogP contribution in [0, 0.1) is 3.57 Å². The third kappa shape index (κ3) is 3.06. The van der Waals surface area contributed by atoms with Crippen LogP contribution in [0.2, 0.25) is 0 Å². The molecule has 0 aliphatic carbocycles. The zero-order chi connectivity index (χ0) is 12.3. The number of nitrogens with zero attached hydrogens (tertiary/aromatic N) is 1. The standard InChI is InChI=1S/C12H11IN2O2/c1-17-9-4-2-3-8(5-9)6-11-14-7-10(13)12(16)15-11/h2-5,7H,6H2,1H3,(H,14,15,16). The van der Waals surface area contributed by atoms with Gasteiger partial charge in [-0.1, -0.05) is 12.1 Å². The van der Waals surface area contributed by atoms with Crippen LogP contribution in [0.25, 0.3) is 0 Å². The zero-order valence-electron chi connectivity index (χ0n) is 9.24. The second-order valence-corrected chi connectivity index (χ2v) is 4.70. The molecule has 0 spiro atoms. The topological polar surface area (TPSA) is 55.0 Å². The molecule has 0 radical (unpaired) electrons. The Morgan fingerprint density at radius 3 is 3.00 bits per heavy atom. The smallest absolute Gasteiger partial charge is 0.264 e. The highest BCUT2D eigenvalue weighted by molar-refractivity contribution is 14.1. The molecule has 0 saturated carbocycles. The number of methoxy groups -OCH3 is 1. The van der Waals surface area contributed by atoms with Crippen molar-refractivity contribution in [2.24, 2.45) is 0 Å². The monoisotopic (exact) mass is 342 g/mol. The summed E-state index contributed by atoms with van der Waals surface area (Å²) in [6.07, 6.45) is 2.16. The maximum Gasteiger partial charge on any atom is 0.264 e. The number of hydrogen-bond donors (Lipinski definition) is 1. The first-order valence-electron chi connectivity index (χ1n) is 5.05. The molecule has 17 heavy (non-hydrogen) atoms. The van der Waals surface area contributed by atoms with Gasteiger partial charge in [0.25, 0.3) is 5.56 Å². The Labute approximate surface area is 112 Å². The summed E-state index contributed by atoms with van der Waals surface area (Å²) >= 11 is 1.96. The van der Waals surface area contributed by atoms with Gasteiger partial charge in [0.05, 0.1) is 10.7 Å². The van der Waals surface area contributed by atoms with E-state index < -0.39 is 0 Å². The molecular weight excluding hydrogens is 331 g/mol. The summed E-state index contributed by atoms with van der Waals surface area (Å²) in [7, 11) is 1.63. The summed E-state index contributed by atoms with van der Waals surface area (Å²) in [4.78, 5) is 18.4. The van der Waals surface area contributed by atoms with Crippen LogP contribution in [-0.2, 0) is 6.42 Å². The van der Waals surface area contributed by atoms with E-state index in [0.717, 1.165) is 11.3 Å². The molecule has 1 heterocycles. The van der Waals surface area contributed by atoms with E-state index in [1.165, 1.54) is 0 Å². The van der Waals surface area contributed by atoms with Gasteiger partial charge in [-0.3, -0.25) is 4.79 Å². The van der Waals surface area contributed by atoms with Gasteiger partial charge >= 0.3 is 0 Å². The summed E-state index contributed by atoms with van der Waals surface area (Å²) in [6.45, 7) is 0. The predicted molar refractivity (Wildman–Crippen MR) is 73.4 cm³/mol. The highest BCUT2D eigenvalue weighted by Crippen LogP contribution is 2.14. The van der Waals surface area contributed by atoms with Crippen molar-refractivity contribution < 1.29 is 4.74 Å². The molecule has 0 saturated heterocycles. The van der Waals surface area contributed by atoms with E-state index in [2.05, 4.69) is 9.97 Å². The van der Waals surface area contributed by atoms with Crippen molar-refractivity contribution in [1.29, 1.82) is 0 Å². The van der Waals surface area contributed by atoms with Crippen molar-refractivity contribution in [1.82, 2.24) is 9.97 Å². The maximum absolute atomic E-state index is 11.4. The minimum Gasteiger partial charge on any atom is -0.497 e. The van der Waals surface area contributed by atoms with Crippen LogP contribution in [0.5, 0.6) is 5.75 Å². The number of hydrogen-bond acceptors (Lipinski definition) is 3. The van der Waals surface area contributed by atoms with E-state index in [4.69, 9.17) is 4.74 Å². The first-order valence-corrected chi connectivity index (χ1v) is 6.13. The SMILES string of the molecule is COc1cccc(Cc2ncc(I)c(=O)[nH]2)c1. The molecule has 88 valence electrons. The first kappa shape index (κ1) is 12.1. The average molecular weight is 342 g/mol. The Morgan fingerprint density at radius 2 is 2.29 bits per heavy atom. The lowest BCUT2D eigenvalue weighted by Gasteiger charge is -2.04. The van der Waals surface area contributed by atoms with E-state index in [9.17, 15) is 4.79 Å². The minimum absolute atomic E-state index is 0.0986. The number of halogens is 1. The van der Waals surface area contributed by atoms with Crippen molar-refractivity contribution in [3.8, 4) is 5.75 Å². The molecule has 0 aliphatic heterocycles. The number of H-pyrrole nitrogens is 1. The van der Waals surface area contributed by atoms with Gasteiger partial charge in [-0.15, -0.1) is 0 Å². The predicted octanol–water partition coefficient (Wildman–Crippen LogP) is 1.97. The van der Waals surface area contributed by atoms with E-state index >= 15 is 0 Å². The molecule has 2 rings (SSSR count). The Morgan fingerprint density at radius 1 is 1.47 bits per heavy atom. The molecule has 2 aromatic rings. The molecule has 0 aliphatic rings. The zero-order valence-corrected chi connectivity index (χ0v) is 11.4. The molecule has 4 nitrogen and oxygen atoms in total. The van der Waals surface area contributed by atoms with Gasteiger partial charge in [0.15, 0.2) is 0 Å². The Kier molecular flexibility index (Phi) is 3.78. The number of aromatic amines is 1. The summed E-state index contributed by atoms with van der Waals surface area (Å²) < 4.78 is 5.74. The largest absolute Gasteiger partial charge is 0.497 e. The van der Waals surface area contributed by atoms with Crippen LogP contribution in [0.1, 0.15) is 11.4 Å². The Bertz CT molecular complexity index is 581. The molecular formula is C12H11IN2O2. The van der Waals surface area contributed by atoms with Gasteiger partial charge in [0.1, 0.15) is 11.6 Å². The van der Waals surface area contributed by atoms with E-state index in [1.807, 2.05) is 46.9 Å². The fraction of sp³-hybridized carbons (Fsp3) is 0.167. The highest BCUT2D eigenvalue weighted by atomic mass is 127. The second-order valence-electron chi connectivity index (χ2n) is 3.54. The van der Waals surface area contributed by atoms with E-state index in [-0.39, 0.29) is 5.56 Å². The molecule has 0 atom stereocenters.